The average Bonchev–Trinajstić information content (AvgIpc) is 3.40. The first-order valence-electron chi connectivity index (χ1n) is 14.3. The smallest absolute Gasteiger partial charge is 0.165 e. The van der Waals surface area contributed by atoms with E-state index < -0.39 is 0 Å². The Morgan fingerprint density at radius 1 is 0.511 bits per heavy atom. The van der Waals surface area contributed by atoms with E-state index in [1.165, 1.54) is 0 Å². The maximum Gasteiger partial charge on any atom is 0.165 e. The maximum atomic E-state index is 9.97. The lowest BCUT2D eigenvalue weighted by Crippen LogP contribution is -2.04. The Kier molecular flexibility index (Phi) is 6.59. The number of aromatic nitrogens is 4. The molecule has 0 saturated carbocycles. The Morgan fingerprint density at radius 2 is 1.00 bits per heavy atom. The van der Waals surface area contributed by atoms with Crippen LogP contribution >= 0.6 is 0 Å². The third-order valence-electron chi connectivity index (χ3n) is 7.89. The van der Waals surface area contributed by atoms with Gasteiger partial charge in [-0.3, -0.25) is 0 Å². The van der Waals surface area contributed by atoms with E-state index in [9.17, 15) is 15.8 Å². The summed E-state index contributed by atoms with van der Waals surface area (Å²) in [7, 11) is 0. The molecule has 5 aromatic carbocycles. The molecule has 0 aliphatic carbocycles. The SMILES string of the molecule is Cc1nc(C)nc(-c2ccc(C#N)cc2-n2c3cc(-c4cccc(C#N)c4)ccc3c3ccc(-c4cccc(C#N)c4)cc32)n1. The fourth-order valence-electron chi connectivity index (χ4n) is 5.89. The normalized spacial score (nSPS) is 10.8. The highest BCUT2D eigenvalue weighted by Gasteiger charge is 2.20. The van der Waals surface area contributed by atoms with Crippen molar-refractivity contribution in [3.8, 4) is 57.5 Å². The zero-order valence-electron chi connectivity index (χ0n) is 24.4. The first kappa shape index (κ1) is 27.2. The summed E-state index contributed by atoms with van der Waals surface area (Å²) < 4.78 is 2.16. The van der Waals surface area contributed by atoms with Gasteiger partial charge in [0, 0.05) is 16.3 Å². The minimum absolute atomic E-state index is 0.502. The van der Waals surface area contributed by atoms with Crippen molar-refractivity contribution >= 4 is 21.8 Å². The fraction of sp³-hybridized carbons (Fsp3) is 0.0526. The van der Waals surface area contributed by atoms with Gasteiger partial charge in [-0.2, -0.15) is 15.8 Å². The van der Waals surface area contributed by atoms with Gasteiger partial charge in [-0.05, 0) is 90.7 Å². The number of hydrogen-bond acceptors (Lipinski definition) is 6. The van der Waals surface area contributed by atoms with E-state index in [1.807, 2.05) is 62.4 Å². The Bertz CT molecular complexity index is 2310. The highest BCUT2D eigenvalue weighted by molar-refractivity contribution is 6.11. The summed E-state index contributed by atoms with van der Waals surface area (Å²) in [5, 5.41) is 31.1. The van der Waals surface area contributed by atoms with E-state index in [4.69, 9.17) is 0 Å². The molecule has 2 aromatic heterocycles. The van der Waals surface area contributed by atoms with Gasteiger partial charge in [0.2, 0.25) is 0 Å². The third-order valence-corrected chi connectivity index (χ3v) is 7.89. The third kappa shape index (κ3) is 4.83. The monoisotopic (exact) mass is 577 g/mol. The summed E-state index contributed by atoms with van der Waals surface area (Å²) in [4.78, 5) is 13.7. The molecule has 0 saturated heterocycles. The quantitative estimate of drug-likeness (QED) is 0.208. The number of rotatable bonds is 4. The van der Waals surface area contributed by atoms with Gasteiger partial charge in [-0.1, -0.05) is 48.5 Å². The molecule has 7 rings (SSSR count). The van der Waals surface area contributed by atoms with Crippen molar-refractivity contribution < 1.29 is 0 Å². The molecule has 210 valence electrons. The van der Waals surface area contributed by atoms with Crippen molar-refractivity contribution in [2.45, 2.75) is 13.8 Å². The molecule has 2 heterocycles. The lowest BCUT2D eigenvalue weighted by Gasteiger charge is -2.15. The van der Waals surface area contributed by atoms with Crippen LogP contribution in [0.15, 0.2) is 103 Å². The van der Waals surface area contributed by atoms with Crippen LogP contribution in [0.2, 0.25) is 0 Å². The number of fused-ring (bicyclic) bond motifs is 3. The number of nitrogens with zero attached hydrogens (tertiary/aromatic N) is 7. The van der Waals surface area contributed by atoms with E-state index in [1.54, 1.807) is 18.2 Å². The molecule has 7 aromatic rings. The molecule has 0 unspecified atom stereocenters. The molecule has 0 radical (unpaired) electrons. The van der Waals surface area contributed by atoms with Crippen LogP contribution in [0.4, 0.5) is 0 Å². The zero-order chi connectivity index (χ0) is 31.1. The number of aryl methyl sites for hydroxylation is 2. The summed E-state index contributed by atoms with van der Waals surface area (Å²) in [6.45, 7) is 3.68. The second-order valence-electron chi connectivity index (χ2n) is 10.8. The van der Waals surface area contributed by atoms with E-state index in [-0.39, 0.29) is 0 Å². The number of hydrogen-bond donors (Lipinski definition) is 0. The van der Waals surface area contributed by atoms with Gasteiger partial charge in [0.15, 0.2) is 5.82 Å². The molecule has 0 atom stereocenters. The second-order valence-corrected chi connectivity index (χ2v) is 10.8. The number of benzene rings is 5. The number of nitriles is 3. The summed E-state index contributed by atoms with van der Waals surface area (Å²) in [6, 6.07) is 40.0. The first-order valence-corrected chi connectivity index (χ1v) is 14.3. The molecule has 7 heteroatoms. The van der Waals surface area contributed by atoms with Crippen LogP contribution in [-0.4, -0.2) is 19.5 Å². The van der Waals surface area contributed by atoms with Crippen LogP contribution in [0.3, 0.4) is 0 Å². The minimum atomic E-state index is 0.502. The molecule has 45 heavy (non-hydrogen) atoms. The Labute approximate surface area is 259 Å². The van der Waals surface area contributed by atoms with E-state index in [0.717, 1.165) is 55.3 Å². The van der Waals surface area contributed by atoms with Crippen molar-refractivity contribution in [3.63, 3.8) is 0 Å². The summed E-state index contributed by atoms with van der Waals surface area (Å²) in [6.07, 6.45) is 0. The molecule has 0 aliphatic heterocycles. The van der Waals surface area contributed by atoms with Crippen LogP contribution < -0.4 is 0 Å². The standard InChI is InChI=1S/C38H23N7/c1-23-42-24(2)44-38(43-23)34-12-9-27(22-41)17-35(34)45-36-18-30(28-7-3-5-25(15-28)20-39)10-13-32(36)33-14-11-31(19-37(33)45)29-8-4-6-26(16-29)21-40/h3-19H,1-2H3. The van der Waals surface area contributed by atoms with Crippen molar-refractivity contribution in [1.29, 1.82) is 15.8 Å². The zero-order valence-corrected chi connectivity index (χ0v) is 24.4. The van der Waals surface area contributed by atoms with Crippen molar-refractivity contribution in [2.75, 3.05) is 0 Å². The van der Waals surface area contributed by atoms with Crippen molar-refractivity contribution in [2.24, 2.45) is 0 Å². The van der Waals surface area contributed by atoms with E-state index in [0.29, 0.717) is 34.2 Å². The highest BCUT2D eigenvalue weighted by atomic mass is 15.0. The Balaban J connectivity index is 1.59. The van der Waals surface area contributed by atoms with Gasteiger partial charge in [-0.25, -0.2) is 15.0 Å². The lowest BCUT2D eigenvalue weighted by molar-refractivity contribution is 0.926. The van der Waals surface area contributed by atoms with Crippen LogP contribution in [0.25, 0.3) is 61.1 Å². The molecular weight excluding hydrogens is 554 g/mol. The summed E-state index contributed by atoms with van der Waals surface area (Å²) >= 11 is 0. The Morgan fingerprint density at radius 3 is 1.51 bits per heavy atom. The second kappa shape index (κ2) is 10.9. The molecule has 0 aliphatic rings. The molecule has 0 bridgehead atoms. The van der Waals surface area contributed by atoms with Crippen LogP contribution in [0.5, 0.6) is 0 Å². The topological polar surface area (TPSA) is 115 Å². The molecule has 0 fully saturated rings. The first-order chi connectivity index (χ1) is 21.9. The largest absolute Gasteiger partial charge is 0.308 e. The molecular formula is C38H23N7. The summed E-state index contributed by atoms with van der Waals surface area (Å²) in [5.74, 6) is 1.73. The lowest BCUT2D eigenvalue weighted by atomic mass is 10.0. The van der Waals surface area contributed by atoms with Gasteiger partial charge in [0.25, 0.3) is 0 Å². The van der Waals surface area contributed by atoms with Gasteiger partial charge in [-0.15, -0.1) is 0 Å². The van der Waals surface area contributed by atoms with Crippen LogP contribution in [0.1, 0.15) is 28.3 Å². The highest BCUT2D eigenvalue weighted by Crippen LogP contribution is 2.39. The van der Waals surface area contributed by atoms with E-state index >= 15 is 0 Å². The van der Waals surface area contributed by atoms with Crippen molar-refractivity contribution in [1.82, 2.24) is 19.5 Å². The Hall–Kier alpha value is -6.62. The predicted molar refractivity (Wildman–Crippen MR) is 174 cm³/mol. The van der Waals surface area contributed by atoms with Gasteiger partial charge in [0.05, 0.1) is 51.6 Å². The average molecular weight is 578 g/mol. The molecule has 0 amide bonds. The summed E-state index contributed by atoms with van der Waals surface area (Å²) in [5.41, 5.74) is 8.79. The minimum Gasteiger partial charge on any atom is -0.308 e. The maximum absolute atomic E-state index is 9.97. The molecule has 0 N–H and O–H groups in total. The van der Waals surface area contributed by atoms with Crippen LogP contribution in [-0.2, 0) is 0 Å². The molecule has 0 spiro atoms. The van der Waals surface area contributed by atoms with Crippen molar-refractivity contribution in [3.05, 3.63) is 131 Å². The van der Waals surface area contributed by atoms with E-state index in [2.05, 4.69) is 74.1 Å². The predicted octanol–water partition coefficient (Wildman–Crippen LogP) is 8.20. The van der Waals surface area contributed by atoms with Gasteiger partial charge < -0.3 is 4.57 Å². The molecule has 7 nitrogen and oxygen atoms in total. The van der Waals surface area contributed by atoms with Gasteiger partial charge >= 0.3 is 0 Å². The fourth-order valence-corrected chi connectivity index (χ4v) is 5.89. The van der Waals surface area contributed by atoms with Crippen LogP contribution in [0, 0.1) is 47.8 Å². The van der Waals surface area contributed by atoms with Gasteiger partial charge in [0.1, 0.15) is 11.6 Å².